The molecule has 326 valence electrons. The van der Waals surface area contributed by atoms with E-state index in [-0.39, 0.29) is 0 Å². The summed E-state index contributed by atoms with van der Waals surface area (Å²) in [5.74, 6) is 0. The molecule has 0 bridgehead atoms. The summed E-state index contributed by atoms with van der Waals surface area (Å²) in [7, 11) is 0. The summed E-state index contributed by atoms with van der Waals surface area (Å²) in [6.07, 6.45) is 1.82. The van der Waals surface area contributed by atoms with E-state index >= 15 is 0 Å². The second kappa shape index (κ2) is 18.9. The lowest BCUT2D eigenvalue weighted by Crippen LogP contribution is -2.11. The Morgan fingerprint density at radius 1 is 0.288 bits per heavy atom. The van der Waals surface area contributed by atoms with Crippen molar-refractivity contribution in [2.24, 2.45) is 0 Å². The molecule has 0 radical (unpaired) electrons. The lowest BCUT2D eigenvalue weighted by Gasteiger charge is -2.28. The Hall–Kier alpha value is -6.28. The van der Waals surface area contributed by atoms with Gasteiger partial charge in [-0.25, -0.2) is 0 Å². The van der Waals surface area contributed by atoms with Crippen molar-refractivity contribution in [1.29, 1.82) is 0 Å². The average Bonchev–Trinajstić information content (AvgIpc) is 4.19. The highest BCUT2D eigenvalue weighted by molar-refractivity contribution is 7.16. The van der Waals surface area contributed by atoms with Gasteiger partial charge in [-0.2, -0.15) is 0 Å². The highest BCUT2D eigenvalue weighted by Gasteiger charge is 2.20. The molecule has 0 aliphatic rings. The first-order valence-electron chi connectivity index (χ1n) is 22.8. The van der Waals surface area contributed by atoms with Gasteiger partial charge in [-0.05, 0) is 206 Å². The van der Waals surface area contributed by atoms with Crippen LogP contribution in [0.2, 0.25) is 0 Å². The van der Waals surface area contributed by atoms with Gasteiger partial charge in [0.25, 0.3) is 0 Å². The molecule has 66 heavy (non-hydrogen) atoms. The molecule has 6 aromatic carbocycles. The van der Waals surface area contributed by atoms with Crippen LogP contribution in [0.15, 0.2) is 182 Å². The van der Waals surface area contributed by atoms with Crippen molar-refractivity contribution in [3.8, 4) is 52.9 Å². The van der Waals surface area contributed by atoms with Crippen molar-refractivity contribution in [2.75, 3.05) is 9.80 Å². The zero-order valence-electron chi connectivity index (χ0n) is 38.3. The van der Waals surface area contributed by atoms with E-state index in [2.05, 4.69) is 233 Å². The van der Waals surface area contributed by atoms with E-state index in [4.69, 9.17) is 0 Å². The number of nitrogens with zero attached hydrogens (tertiary/aromatic N) is 2. The van der Waals surface area contributed by atoms with Crippen LogP contribution in [0.25, 0.3) is 52.9 Å². The van der Waals surface area contributed by atoms with Crippen LogP contribution in [0.4, 0.5) is 34.1 Å². The standard InChI is InChI=1S/C60H52N2S4/c1-7-43-37-53(61(49-21-13-45(14-22-49)57-33-9-39(3)63-57)50-23-15-46(16-24-50)58-34-10-40(4)64-58)29-31-55(43)56-32-30-54(38-44(56)8-2)62(51-25-17-47(18-26-51)59-35-11-41(5)65-59)52-27-19-48(20-28-52)60-36-12-42(6)66-60/h9-38H,7-8H2,1-6H3. The molecule has 0 aliphatic carbocycles. The summed E-state index contributed by atoms with van der Waals surface area (Å²) in [5, 5.41) is 0. The molecule has 0 fully saturated rings. The van der Waals surface area contributed by atoms with E-state index < -0.39 is 0 Å². The first-order chi connectivity index (χ1) is 32.2. The second-order valence-electron chi connectivity index (χ2n) is 16.9. The monoisotopic (exact) mass is 928 g/mol. The molecule has 0 unspecified atom stereocenters. The lowest BCUT2D eigenvalue weighted by atomic mass is 9.92. The van der Waals surface area contributed by atoms with E-state index in [1.165, 1.54) is 83.5 Å². The van der Waals surface area contributed by atoms with Gasteiger partial charge in [0.05, 0.1) is 0 Å². The Morgan fingerprint density at radius 3 is 0.742 bits per heavy atom. The third-order valence-corrected chi connectivity index (χ3v) is 16.5. The molecule has 0 saturated carbocycles. The predicted molar refractivity (Wildman–Crippen MR) is 292 cm³/mol. The normalized spacial score (nSPS) is 11.3. The van der Waals surface area contributed by atoms with Crippen LogP contribution in [0, 0.1) is 27.7 Å². The minimum atomic E-state index is 0.910. The van der Waals surface area contributed by atoms with Gasteiger partial charge < -0.3 is 9.80 Å². The molecular formula is C60H52N2S4. The summed E-state index contributed by atoms with van der Waals surface area (Å²) >= 11 is 7.37. The van der Waals surface area contributed by atoms with E-state index in [1.54, 1.807) is 0 Å². The van der Waals surface area contributed by atoms with E-state index in [0.29, 0.717) is 0 Å². The number of benzene rings is 6. The van der Waals surface area contributed by atoms with Gasteiger partial charge in [-0.3, -0.25) is 0 Å². The zero-order chi connectivity index (χ0) is 45.3. The van der Waals surface area contributed by atoms with Crippen molar-refractivity contribution >= 4 is 79.5 Å². The zero-order valence-corrected chi connectivity index (χ0v) is 41.5. The maximum absolute atomic E-state index is 2.41. The van der Waals surface area contributed by atoms with Crippen LogP contribution in [0.1, 0.15) is 44.5 Å². The number of anilines is 6. The molecule has 10 aromatic rings. The minimum Gasteiger partial charge on any atom is -0.310 e. The molecule has 0 N–H and O–H groups in total. The van der Waals surface area contributed by atoms with Crippen LogP contribution in [-0.4, -0.2) is 0 Å². The molecule has 0 saturated heterocycles. The maximum atomic E-state index is 2.41. The van der Waals surface area contributed by atoms with Crippen molar-refractivity contribution in [3.63, 3.8) is 0 Å². The summed E-state index contributed by atoms with van der Waals surface area (Å²) in [4.78, 5) is 15.3. The topological polar surface area (TPSA) is 6.48 Å². The van der Waals surface area contributed by atoms with Crippen LogP contribution < -0.4 is 9.80 Å². The summed E-state index contributed by atoms with van der Waals surface area (Å²) in [6, 6.07) is 68.2. The molecular weight excluding hydrogens is 877 g/mol. The van der Waals surface area contributed by atoms with E-state index in [1.807, 2.05) is 45.3 Å². The summed E-state index contributed by atoms with van der Waals surface area (Å²) in [5.41, 5.74) is 17.1. The molecule has 10 rings (SSSR count). The molecule has 0 spiro atoms. The average molecular weight is 929 g/mol. The lowest BCUT2D eigenvalue weighted by molar-refractivity contribution is 1.11. The smallest absolute Gasteiger partial charge is 0.0464 e. The Labute approximate surface area is 406 Å². The van der Waals surface area contributed by atoms with E-state index in [9.17, 15) is 0 Å². The largest absolute Gasteiger partial charge is 0.310 e. The van der Waals surface area contributed by atoms with Gasteiger partial charge in [0, 0.05) is 73.1 Å². The van der Waals surface area contributed by atoms with E-state index in [0.717, 1.165) is 47.0 Å². The van der Waals surface area contributed by atoms with Gasteiger partial charge in [0.15, 0.2) is 0 Å². The van der Waals surface area contributed by atoms with Gasteiger partial charge in [-0.1, -0.05) is 74.5 Å². The van der Waals surface area contributed by atoms with Crippen LogP contribution >= 0.6 is 45.3 Å². The fraction of sp³-hybridized carbons (Fsp3) is 0.133. The second-order valence-corrected chi connectivity index (χ2v) is 22.0. The van der Waals surface area contributed by atoms with Gasteiger partial charge in [-0.15, -0.1) is 45.3 Å². The van der Waals surface area contributed by atoms with Crippen LogP contribution in [0.3, 0.4) is 0 Å². The van der Waals surface area contributed by atoms with Gasteiger partial charge in [0.1, 0.15) is 0 Å². The highest BCUT2D eigenvalue weighted by atomic mass is 32.1. The van der Waals surface area contributed by atoms with Crippen molar-refractivity contribution in [2.45, 2.75) is 54.4 Å². The van der Waals surface area contributed by atoms with Gasteiger partial charge >= 0.3 is 0 Å². The molecule has 2 nitrogen and oxygen atoms in total. The van der Waals surface area contributed by atoms with Crippen molar-refractivity contribution < 1.29 is 0 Å². The number of hydrogen-bond donors (Lipinski definition) is 0. The number of thiophene rings is 4. The van der Waals surface area contributed by atoms with Crippen molar-refractivity contribution in [1.82, 2.24) is 0 Å². The Bertz CT molecular complexity index is 2860. The Morgan fingerprint density at radius 2 is 0.530 bits per heavy atom. The Kier molecular flexibility index (Phi) is 12.5. The van der Waals surface area contributed by atoms with Crippen LogP contribution in [-0.2, 0) is 12.8 Å². The first kappa shape index (κ1) is 43.6. The third kappa shape index (κ3) is 8.99. The predicted octanol–water partition coefficient (Wildman–Crippen LogP) is 19.6. The fourth-order valence-electron chi connectivity index (χ4n) is 8.90. The number of aryl methyl sites for hydroxylation is 6. The molecule has 6 heteroatoms. The molecule has 0 aliphatic heterocycles. The maximum Gasteiger partial charge on any atom is 0.0464 e. The van der Waals surface area contributed by atoms with Gasteiger partial charge in [0.2, 0.25) is 0 Å². The molecule has 4 aromatic heterocycles. The summed E-state index contributed by atoms with van der Waals surface area (Å²) in [6.45, 7) is 13.3. The quantitative estimate of drug-likeness (QED) is 0.114. The molecule has 4 heterocycles. The summed E-state index contributed by atoms with van der Waals surface area (Å²) < 4.78 is 0. The van der Waals surface area contributed by atoms with Crippen molar-refractivity contribution in [3.05, 3.63) is 213 Å². The minimum absolute atomic E-state index is 0.910. The SMILES string of the molecule is CCc1cc(N(c2ccc(-c3ccc(C)s3)cc2)c2ccc(-c3ccc(C)s3)cc2)ccc1-c1ccc(N(c2ccc(-c3ccc(C)s3)cc2)c2ccc(-c3ccc(C)s3)cc2)cc1CC. The fourth-order valence-corrected chi connectivity index (χ4v) is 12.4. The highest BCUT2D eigenvalue weighted by Crippen LogP contribution is 2.43. The van der Waals surface area contributed by atoms with Crippen LogP contribution in [0.5, 0.6) is 0 Å². The Balaban J connectivity index is 1.02. The first-order valence-corrected chi connectivity index (χ1v) is 26.0. The number of rotatable bonds is 13. The third-order valence-electron chi connectivity index (χ3n) is 12.3. The number of hydrogen-bond acceptors (Lipinski definition) is 6. The molecule has 0 atom stereocenters. The molecule has 0 amide bonds.